The fraction of sp³-hybridized carbons (Fsp3) is 0.711. The average Bonchev–Trinajstić information content (AvgIpc) is 2.95. The van der Waals surface area contributed by atoms with Crippen molar-refractivity contribution >= 4 is 5.97 Å². The van der Waals surface area contributed by atoms with Gasteiger partial charge in [0.05, 0.1) is 5.92 Å². The van der Waals surface area contributed by atoms with Crippen molar-refractivity contribution in [3.63, 3.8) is 0 Å². The van der Waals surface area contributed by atoms with Crippen LogP contribution in [0.15, 0.2) is 60.8 Å². The molecule has 0 aromatic heterocycles. The summed E-state index contributed by atoms with van der Waals surface area (Å²) in [5.74, 6) is -0.813. The van der Waals surface area contributed by atoms with E-state index in [1.807, 2.05) is 0 Å². The van der Waals surface area contributed by atoms with Crippen molar-refractivity contribution in [3.8, 4) is 0 Å². The highest BCUT2D eigenvalue weighted by Crippen LogP contribution is 2.18. The van der Waals surface area contributed by atoms with Gasteiger partial charge in [-0.05, 0) is 77.0 Å². The number of rotatable bonds is 30. The Bertz CT molecular complexity index is 667. The predicted molar refractivity (Wildman–Crippen MR) is 179 cm³/mol. The lowest BCUT2D eigenvalue weighted by Gasteiger charge is -2.10. The van der Waals surface area contributed by atoms with Gasteiger partial charge in [0, 0.05) is 0 Å². The summed E-state index contributed by atoms with van der Waals surface area (Å²) >= 11 is 0. The van der Waals surface area contributed by atoms with Gasteiger partial charge in [0.25, 0.3) is 0 Å². The van der Waals surface area contributed by atoms with Crippen molar-refractivity contribution in [1.29, 1.82) is 0 Å². The fourth-order valence-electron chi connectivity index (χ4n) is 4.89. The molecule has 0 aliphatic carbocycles. The quantitative estimate of drug-likeness (QED) is 0.0708. The van der Waals surface area contributed by atoms with Crippen LogP contribution in [0.1, 0.15) is 168 Å². The SMILES string of the molecule is CCCCC/C=C\C/C=C\C/C=C\C/C=C\CCC(CCCCCCCC/C=C\CCCCCCCC)C(=O)O. The molecule has 1 atom stereocenters. The lowest BCUT2D eigenvalue weighted by molar-refractivity contribution is -0.142. The number of hydrogen-bond donors (Lipinski definition) is 1. The number of aliphatic carboxylic acids is 1. The highest BCUT2D eigenvalue weighted by Gasteiger charge is 2.15. The van der Waals surface area contributed by atoms with E-state index in [0.29, 0.717) is 0 Å². The zero-order valence-electron chi connectivity index (χ0n) is 26.7. The Morgan fingerprint density at radius 1 is 0.450 bits per heavy atom. The van der Waals surface area contributed by atoms with E-state index in [4.69, 9.17) is 0 Å². The number of carboxylic acids is 1. The van der Waals surface area contributed by atoms with Gasteiger partial charge in [0.2, 0.25) is 0 Å². The molecule has 0 amide bonds. The van der Waals surface area contributed by atoms with Gasteiger partial charge in [-0.1, -0.05) is 152 Å². The van der Waals surface area contributed by atoms with E-state index in [9.17, 15) is 9.90 Å². The van der Waals surface area contributed by atoms with Crippen LogP contribution in [-0.2, 0) is 4.79 Å². The average molecular weight is 555 g/mol. The highest BCUT2D eigenvalue weighted by molar-refractivity contribution is 5.69. The summed E-state index contributed by atoms with van der Waals surface area (Å²) in [7, 11) is 0. The van der Waals surface area contributed by atoms with Crippen molar-refractivity contribution < 1.29 is 9.90 Å². The lowest BCUT2D eigenvalue weighted by atomic mass is 9.95. The molecule has 0 aliphatic rings. The molecular formula is C38H66O2. The van der Waals surface area contributed by atoms with Crippen LogP contribution in [0.5, 0.6) is 0 Å². The van der Waals surface area contributed by atoms with E-state index in [1.165, 1.54) is 109 Å². The highest BCUT2D eigenvalue weighted by atomic mass is 16.4. The predicted octanol–water partition coefficient (Wildman–Crippen LogP) is 12.9. The second-order valence-electron chi connectivity index (χ2n) is 11.4. The summed E-state index contributed by atoms with van der Waals surface area (Å²) in [5.41, 5.74) is 0. The Kier molecular flexibility index (Phi) is 31.8. The molecule has 0 aromatic carbocycles. The number of allylic oxidation sites excluding steroid dienone is 10. The summed E-state index contributed by atoms with van der Waals surface area (Å²) < 4.78 is 0. The van der Waals surface area contributed by atoms with E-state index in [-0.39, 0.29) is 5.92 Å². The molecule has 0 saturated heterocycles. The van der Waals surface area contributed by atoms with Gasteiger partial charge in [-0.25, -0.2) is 0 Å². The van der Waals surface area contributed by atoms with Crippen molar-refractivity contribution in [3.05, 3.63) is 60.8 Å². The van der Waals surface area contributed by atoms with Gasteiger partial charge in [-0.3, -0.25) is 4.79 Å². The van der Waals surface area contributed by atoms with Crippen LogP contribution in [0.2, 0.25) is 0 Å². The first-order valence-electron chi connectivity index (χ1n) is 17.2. The van der Waals surface area contributed by atoms with E-state index in [0.717, 1.165) is 44.9 Å². The molecule has 0 spiro atoms. The third-order valence-corrected chi connectivity index (χ3v) is 7.55. The van der Waals surface area contributed by atoms with Crippen LogP contribution in [0.3, 0.4) is 0 Å². The van der Waals surface area contributed by atoms with E-state index < -0.39 is 5.97 Å². The minimum Gasteiger partial charge on any atom is -0.481 e. The Balaban J connectivity index is 3.65. The monoisotopic (exact) mass is 555 g/mol. The van der Waals surface area contributed by atoms with Crippen LogP contribution < -0.4 is 0 Å². The first kappa shape index (κ1) is 38.2. The minimum atomic E-state index is -0.622. The maximum atomic E-state index is 11.6. The van der Waals surface area contributed by atoms with Crippen LogP contribution in [-0.4, -0.2) is 11.1 Å². The van der Waals surface area contributed by atoms with Crippen LogP contribution in [0.25, 0.3) is 0 Å². The maximum absolute atomic E-state index is 11.6. The molecule has 2 nitrogen and oxygen atoms in total. The molecule has 0 fully saturated rings. The zero-order valence-corrected chi connectivity index (χ0v) is 26.7. The summed E-state index contributed by atoms with van der Waals surface area (Å²) in [6, 6.07) is 0. The van der Waals surface area contributed by atoms with Crippen molar-refractivity contribution in [2.24, 2.45) is 5.92 Å². The number of unbranched alkanes of at least 4 members (excludes halogenated alkanes) is 15. The van der Waals surface area contributed by atoms with Gasteiger partial charge in [0.15, 0.2) is 0 Å². The van der Waals surface area contributed by atoms with Crippen molar-refractivity contribution in [2.75, 3.05) is 0 Å². The Morgan fingerprint density at radius 3 is 1.30 bits per heavy atom. The molecule has 1 N–H and O–H groups in total. The standard InChI is InChI=1S/C38H66O2/c1-3-5-7-9-11-13-15-17-19-21-23-25-27-29-31-33-35-37(38(39)40)36-34-32-30-28-26-24-22-20-18-16-14-12-10-8-6-4-2/h11,13,17-20,23,25,29,31,37H,3-10,12,14-16,21-22,24,26-28,30,32-36H2,1-2H3,(H,39,40)/b13-11-,19-17-,20-18-,25-23-,31-29-. The van der Waals surface area contributed by atoms with E-state index in [1.54, 1.807) is 0 Å². The lowest BCUT2D eigenvalue weighted by Crippen LogP contribution is -2.13. The second kappa shape index (κ2) is 33.4. The Morgan fingerprint density at radius 2 is 0.800 bits per heavy atom. The molecule has 1 unspecified atom stereocenters. The first-order valence-corrected chi connectivity index (χ1v) is 17.2. The van der Waals surface area contributed by atoms with Gasteiger partial charge in [-0.15, -0.1) is 0 Å². The molecule has 0 heterocycles. The molecule has 0 radical (unpaired) electrons. The van der Waals surface area contributed by atoms with Crippen LogP contribution >= 0.6 is 0 Å². The topological polar surface area (TPSA) is 37.3 Å². The van der Waals surface area contributed by atoms with Crippen molar-refractivity contribution in [2.45, 2.75) is 168 Å². The summed E-state index contributed by atoms with van der Waals surface area (Å²) in [4.78, 5) is 11.6. The Hall–Kier alpha value is -1.83. The summed E-state index contributed by atoms with van der Waals surface area (Å²) in [6.07, 6.45) is 51.1. The summed E-state index contributed by atoms with van der Waals surface area (Å²) in [5, 5.41) is 9.57. The van der Waals surface area contributed by atoms with Gasteiger partial charge in [-0.2, -0.15) is 0 Å². The molecule has 0 rings (SSSR count). The third-order valence-electron chi connectivity index (χ3n) is 7.55. The summed E-state index contributed by atoms with van der Waals surface area (Å²) in [6.45, 7) is 4.52. The second-order valence-corrected chi connectivity index (χ2v) is 11.4. The molecule has 230 valence electrons. The van der Waals surface area contributed by atoms with Crippen LogP contribution in [0.4, 0.5) is 0 Å². The zero-order chi connectivity index (χ0) is 29.2. The number of hydrogen-bond acceptors (Lipinski definition) is 1. The number of carbonyl (C=O) groups is 1. The smallest absolute Gasteiger partial charge is 0.306 e. The molecule has 2 heteroatoms. The molecule has 0 saturated carbocycles. The maximum Gasteiger partial charge on any atom is 0.306 e. The largest absolute Gasteiger partial charge is 0.481 e. The van der Waals surface area contributed by atoms with Gasteiger partial charge in [0.1, 0.15) is 0 Å². The molecule has 0 aliphatic heterocycles. The Labute approximate surface area is 250 Å². The van der Waals surface area contributed by atoms with Crippen LogP contribution in [0, 0.1) is 5.92 Å². The molecule has 0 bridgehead atoms. The van der Waals surface area contributed by atoms with Gasteiger partial charge >= 0.3 is 5.97 Å². The van der Waals surface area contributed by atoms with Gasteiger partial charge < -0.3 is 5.11 Å². The molecular weight excluding hydrogens is 488 g/mol. The third kappa shape index (κ3) is 30.7. The van der Waals surface area contributed by atoms with E-state index >= 15 is 0 Å². The normalized spacial score (nSPS) is 13.2. The molecule has 40 heavy (non-hydrogen) atoms. The first-order chi connectivity index (χ1) is 19.7. The minimum absolute atomic E-state index is 0.192. The fourth-order valence-corrected chi connectivity index (χ4v) is 4.89. The number of carboxylic acid groups (broad SMARTS) is 1. The van der Waals surface area contributed by atoms with Crippen molar-refractivity contribution in [1.82, 2.24) is 0 Å². The van der Waals surface area contributed by atoms with E-state index in [2.05, 4.69) is 74.6 Å². The molecule has 0 aromatic rings.